The first-order chi connectivity index (χ1) is 12.6. The molecule has 1 aromatic carbocycles. The number of halogens is 2. The predicted molar refractivity (Wildman–Crippen MR) is 100 cm³/mol. The molecule has 0 atom stereocenters. The van der Waals surface area contributed by atoms with Gasteiger partial charge in [-0.3, -0.25) is 4.79 Å². The van der Waals surface area contributed by atoms with Crippen LogP contribution in [0.4, 0.5) is 5.82 Å². The summed E-state index contributed by atoms with van der Waals surface area (Å²) in [6.45, 7) is 2.15. The Morgan fingerprint density at radius 1 is 1.23 bits per heavy atom. The van der Waals surface area contributed by atoms with E-state index >= 15 is 0 Å². The first-order valence-corrected chi connectivity index (χ1v) is 9.03. The monoisotopic (exact) mass is 389 g/mol. The van der Waals surface area contributed by atoms with Crippen molar-refractivity contribution in [3.05, 3.63) is 51.9 Å². The lowest BCUT2D eigenvalue weighted by atomic mass is 9.96. The Balaban J connectivity index is 1.52. The largest absolute Gasteiger partial charge is 0.354 e. The van der Waals surface area contributed by atoms with E-state index in [0.29, 0.717) is 39.6 Å². The van der Waals surface area contributed by atoms with Crippen molar-refractivity contribution in [3.8, 4) is 6.07 Å². The van der Waals surface area contributed by atoms with E-state index in [1.807, 2.05) is 0 Å². The molecule has 26 heavy (non-hydrogen) atoms. The van der Waals surface area contributed by atoms with Crippen molar-refractivity contribution >= 4 is 34.9 Å². The SMILES string of the molecule is N#Cc1nccnc1N1CCC(CNC(=O)c2ccc(Cl)c(Cl)c2)CC1. The number of hydrogen-bond donors (Lipinski definition) is 1. The summed E-state index contributed by atoms with van der Waals surface area (Å²) in [6.07, 6.45) is 4.93. The Bertz CT molecular complexity index is 844. The number of carbonyl (C=O) groups excluding carboxylic acids is 1. The molecular formula is C18H17Cl2N5O. The van der Waals surface area contributed by atoms with Crippen molar-refractivity contribution in [2.24, 2.45) is 5.92 Å². The zero-order valence-electron chi connectivity index (χ0n) is 14.0. The molecule has 1 N–H and O–H groups in total. The van der Waals surface area contributed by atoms with Gasteiger partial charge < -0.3 is 10.2 Å². The third kappa shape index (κ3) is 4.24. The van der Waals surface area contributed by atoms with Crippen molar-refractivity contribution in [1.82, 2.24) is 15.3 Å². The summed E-state index contributed by atoms with van der Waals surface area (Å²) in [6, 6.07) is 6.92. The number of anilines is 1. The molecule has 6 nitrogen and oxygen atoms in total. The molecule has 0 radical (unpaired) electrons. The van der Waals surface area contributed by atoms with E-state index in [0.717, 1.165) is 25.9 Å². The van der Waals surface area contributed by atoms with Crippen LogP contribution in [-0.2, 0) is 0 Å². The number of benzene rings is 1. The maximum atomic E-state index is 12.2. The smallest absolute Gasteiger partial charge is 0.251 e. The molecule has 8 heteroatoms. The molecule has 1 aliphatic heterocycles. The van der Waals surface area contributed by atoms with Gasteiger partial charge >= 0.3 is 0 Å². The molecule has 2 aromatic rings. The van der Waals surface area contributed by atoms with Crippen LogP contribution in [0.5, 0.6) is 0 Å². The van der Waals surface area contributed by atoms with Crippen LogP contribution in [-0.4, -0.2) is 35.5 Å². The highest BCUT2D eigenvalue weighted by Gasteiger charge is 2.23. The van der Waals surface area contributed by atoms with Crippen molar-refractivity contribution in [1.29, 1.82) is 5.26 Å². The van der Waals surface area contributed by atoms with E-state index in [9.17, 15) is 4.79 Å². The van der Waals surface area contributed by atoms with Crippen LogP contribution in [0, 0.1) is 17.2 Å². The van der Waals surface area contributed by atoms with Gasteiger partial charge in [-0.15, -0.1) is 0 Å². The average Bonchev–Trinajstić information content (AvgIpc) is 2.68. The van der Waals surface area contributed by atoms with Gasteiger partial charge in [-0.25, -0.2) is 9.97 Å². The first-order valence-electron chi connectivity index (χ1n) is 8.28. The minimum Gasteiger partial charge on any atom is -0.354 e. The van der Waals surface area contributed by atoms with Gasteiger partial charge in [-0.05, 0) is 37.0 Å². The van der Waals surface area contributed by atoms with Gasteiger partial charge in [0.25, 0.3) is 5.91 Å². The Kier molecular flexibility index (Phi) is 5.92. The van der Waals surface area contributed by atoms with Crippen molar-refractivity contribution in [2.75, 3.05) is 24.5 Å². The molecule has 134 valence electrons. The third-order valence-corrected chi connectivity index (χ3v) is 5.17. The van der Waals surface area contributed by atoms with E-state index in [4.69, 9.17) is 28.5 Å². The Labute approximate surface area is 161 Å². The lowest BCUT2D eigenvalue weighted by Crippen LogP contribution is -2.39. The molecular weight excluding hydrogens is 373 g/mol. The highest BCUT2D eigenvalue weighted by atomic mass is 35.5. The van der Waals surface area contributed by atoms with Crippen LogP contribution >= 0.6 is 23.2 Å². The number of carbonyl (C=O) groups is 1. The van der Waals surface area contributed by atoms with Crippen molar-refractivity contribution in [3.63, 3.8) is 0 Å². The second-order valence-corrected chi connectivity index (χ2v) is 6.92. The van der Waals surface area contributed by atoms with Crippen LogP contribution in [0.3, 0.4) is 0 Å². The van der Waals surface area contributed by atoms with Gasteiger partial charge in [0, 0.05) is 37.6 Å². The lowest BCUT2D eigenvalue weighted by Gasteiger charge is -2.32. The van der Waals surface area contributed by atoms with E-state index in [-0.39, 0.29) is 5.91 Å². The summed E-state index contributed by atoms with van der Waals surface area (Å²) in [5, 5.41) is 12.9. The fourth-order valence-electron chi connectivity index (χ4n) is 2.97. The molecule has 3 rings (SSSR count). The Hall–Kier alpha value is -2.36. The van der Waals surface area contributed by atoms with E-state index in [1.165, 1.54) is 6.20 Å². The maximum Gasteiger partial charge on any atom is 0.251 e. The van der Waals surface area contributed by atoms with Crippen molar-refractivity contribution < 1.29 is 4.79 Å². The second-order valence-electron chi connectivity index (χ2n) is 6.11. The number of nitrogens with one attached hydrogen (secondary N) is 1. The average molecular weight is 390 g/mol. The third-order valence-electron chi connectivity index (χ3n) is 4.43. The lowest BCUT2D eigenvalue weighted by molar-refractivity contribution is 0.0945. The molecule has 1 amide bonds. The van der Waals surface area contributed by atoms with Crippen LogP contribution in [0.2, 0.25) is 10.0 Å². The van der Waals surface area contributed by atoms with Gasteiger partial charge in [-0.1, -0.05) is 23.2 Å². The van der Waals surface area contributed by atoms with Crippen LogP contribution < -0.4 is 10.2 Å². The van der Waals surface area contributed by atoms with E-state index in [2.05, 4.69) is 26.3 Å². The number of hydrogen-bond acceptors (Lipinski definition) is 5. The highest BCUT2D eigenvalue weighted by molar-refractivity contribution is 6.42. The van der Waals surface area contributed by atoms with Gasteiger partial charge in [0.1, 0.15) is 6.07 Å². The predicted octanol–water partition coefficient (Wildman–Crippen LogP) is 3.30. The van der Waals surface area contributed by atoms with Gasteiger partial charge in [-0.2, -0.15) is 5.26 Å². The quantitative estimate of drug-likeness (QED) is 0.866. The van der Waals surface area contributed by atoms with E-state index in [1.54, 1.807) is 24.4 Å². The fraction of sp³-hybridized carbons (Fsp3) is 0.333. The number of nitrogens with zero attached hydrogens (tertiary/aromatic N) is 4. The van der Waals surface area contributed by atoms with E-state index < -0.39 is 0 Å². The zero-order chi connectivity index (χ0) is 18.5. The van der Waals surface area contributed by atoms with Gasteiger partial charge in [0.05, 0.1) is 10.0 Å². The summed E-state index contributed by atoms with van der Waals surface area (Å²) < 4.78 is 0. The normalized spacial score (nSPS) is 14.7. The summed E-state index contributed by atoms with van der Waals surface area (Å²) >= 11 is 11.8. The van der Waals surface area contributed by atoms with Gasteiger partial charge in [0.15, 0.2) is 11.5 Å². The topological polar surface area (TPSA) is 81.9 Å². The fourth-order valence-corrected chi connectivity index (χ4v) is 3.26. The molecule has 1 saturated heterocycles. The maximum absolute atomic E-state index is 12.2. The van der Waals surface area contributed by atoms with Gasteiger partial charge in [0.2, 0.25) is 0 Å². The standard InChI is InChI=1S/C18H17Cl2N5O/c19-14-2-1-13(9-15(14)20)18(26)24-11-12-3-7-25(8-4-12)17-16(10-21)22-5-6-23-17/h1-2,5-6,9,12H,3-4,7-8,11H2,(H,24,26). The Morgan fingerprint density at radius 3 is 2.65 bits per heavy atom. The highest BCUT2D eigenvalue weighted by Crippen LogP contribution is 2.24. The minimum absolute atomic E-state index is 0.160. The number of piperidine rings is 1. The molecule has 0 saturated carbocycles. The number of aromatic nitrogens is 2. The molecule has 0 aliphatic carbocycles. The molecule has 2 heterocycles. The molecule has 1 aromatic heterocycles. The summed E-state index contributed by atoms with van der Waals surface area (Å²) in [4.78, 5) is 22.6. The number of amides is 1. The summed E-state index contributed by atoms with van der Waals surface area (Å²) in [7, 11) is 0. The minimum atomic E-state index is -0.160. The number of rotatable bonds is 4. The van der Waals surface area contributed by atoms with Crippen LogP contribution in [0.25, 0.3) is 0 Å². The molecule has 1 fully saturated rings. The summed E-state index contributed by atoms with van der Waals surface area (Å²) in [5.74, 6) is 0.847. The Morgan fingerprint density at radius 2 is 1.96 bits per heavy atom. The molecule has 0 spiro atoms. The molecule has 1 aliphatic rings. The number of nitriles is 1. The zero-order valence-corrected chi connectivity index (χ0v) is 15.5. The first kappa shape index (κ1) is 18.4. The van der Waals surface area contributed by atoms with Crippen molar-refractivity contribution in [2.45, 2.75) is 12.8 Å². The summed E-state index contributed by atoms with van der Waals surface area (Å²) in [5.41, 5.74) is 0.842. The van der Waals surface area contributed by atoms with Crippen LogP contribution in [0.15, 0.2) is 30.6 Å². The molecule has 0 unspecified atom stereocenters. The molecule has 0 bridgehead atoms. The van der Waals surface area contributed by atoms with Crippen LogP contribution in [0.1, 0.15) is 28.9 Å². The second kappa shape index (κ2) is 8.35.